The molecule has 142 valence electrons. The largest absolute Gasteiger partial charge is 0.378 e. The SMILES string of the molecule is CO[C@H]1CN(C2CCN(C(=O)Cc3cccnc3)CC2)[C@H]1c1cccnc1. The van der Waals surface area contributed by atoms with E-state index >= 15 is 0 Å². The number of nitrogens with zero attached hydrogens (tertiary/aromatic N) is 4. The van der Waals surface area contributed by atoms with Crippen LogP contribution in [0.25, 0.3) is 0 Å². The molecule has 4 rings (SSSR count). The van der Waals surface area contributed by atoms with E-state index in [2.05, 4.69) is 20.9 Å². The number of hydrogen-bond donors (Lipinski definition) is 0. The number of pyridine rings is 2. The van der Waals surface area contributed by atoms with Crippen LogP contribution < -0.4 is 0 Å². The van der Waals surface area contributed by atoms with Gasteiger partial charge in [-0.3, -0.25) is 19.7 Å². The van der Waals surface area contributed by atoms with Crippen LogP contribution in [-0.4, -0.2) is 64.6 Å². The second kappa shape index (κ2) is 8.15. The average Bonchev–Trinajstić information content (AvgIpc) is 2.70. The number of carbonyl (C=O) groups is 1. The Labute approximate surface area is 160 Å². The molecule has 1 amide bonds. The van der Waals surface area contributed by atoms with Crippen molar-refractivity contribution in [3.8, 4) is 0 Å². The minimum absolute atomic E-state index is 0.198. The lowest BCUT2D eigenvalue weighted by Gasteiger charge is -2.53. The van der Waals surface area contributed by atoms with Crippen LogP contribution in [0.2, 0.25) is 0 Å². The normalized spacial score (nSPS) is 23.8. The molecule has 2 aliphatic heterocycles. The topological polar surface area (TPSA) is 58.6 Å². The van der Waals surface area contributed by atoms with E-state index in [1.807, 2.05) is 29.3 Å². The summed E-state index contributed by atoms with van der Waals surface area (Å²) in [6.45, 7) is 2.58. The summed E-state index contributed by atoms with van der Waals surface area (Å²) in [5.41, 5.74) is 2.19. The lowest BCUT2D eigenvalue weighted by Crippen LogP contribution is -2.60. The molecule has 0 aliphatic carbocycles. The van der Waals surface area contributed by atoms with Crippen LogP contribution >= 0.6 is 0 Å². The Kier molecular flexibility index (Phi) is 5.45. The molecule has 2 aromatic rings. The lowest BCUT2D eigenvalue weighted by atomic mass is 9.87. The summed E-state index contributed by atoms with van der Waals surface area (Å²) in [7, 11) is 1.78. The van der Waals surface area contributed by atoms with E-state index in [4.69, 9.17) is 4.74 Å². The zero-order chi connectivity index (χ0) is 18.6. The van der Waals surface area contributed by atoms with Crippen LogP contribution in [0.5, 0.6) is 0 Å². The van der Waals surface area contributed by atoms with E-state index in [1.165, 1.54) is 5.56 Å². The van der Waals surface area contributed by atoms with Crippen LogP contribution in [0.15, 0.2) is 49.1 Å². The smallest absolute Gasteiger partial charge is 0.227 e. The van der Waals surface area contributed by atoms with Crippen LogP contribution in [0.1, 0.15) is 30.0 Å². The fraction of sp³-hybridized carbons (Fsp3) is 0.476. The van der Waals surface area contributed by atoms with Crippen molar-refractivity contribution in [2.45, 2.75) is 37.5 Å². The maximum absolute atomic E-state index is 12.6. The first-order valence-electron chi connectivity index (χ1n) is 9.61. The van der Waals surface area contributed by atoms with Crippen LogP contribution in [-0.2, 0) is 16.0 Å². The summed E-state index contributed by atoms with van der Waals surface area (Å²) in [6, 6.07) is 8.71. The van der Waals surface area contributed by atoms with Gasteiger partial charge in [-0.1, -0.05) is 12.1 Å². The molecule has 2 fully saturated rings. The molecule has 2 aliphatic rings. The van der Waals surface area contributed by atoms with Crippen molar-refractivity contribution in [1.29, 1.82) is 0 Å². The van der Waals surface area contributed by atoms with Gasteiger partial charge in [0.05, 0.1) is 18.6 Å². The Hall–Kier alpha value is -2.31. The minimum Gasteiger partial charge on any atom is -0.378 e. The highest BCUT2D eigenvalue weighted by molar-refractivity contribution is 5.78. The molecule has 0 aromatic carbocycles. The van der Waals surface area contributed by atoms with Gasteiger partial charge in [-0.2, -0.15) is 0 Å². The molecule has 6 nitrogen and oxygen atoms in total. The quantitative estimate of drug-likeness (QED) is 0.811. The van der Waals surface area contributed by atoms with Crippen molar-refractivity contribution in [1.82, 2.24) is 19.8 Å². The molecule has 0 N–H and O–H groups in total. The van der Waals surface area contributed by atoms with Crippen LogP contribution in [0.3, 0.4) is 0 Å². The molecular formula is C21H26N4O2. The Morgan fingerprint density at radius 2 is 1.89 bits per heavy atom. The number of rotatable bonds is 5. The Bertz CT molecular complexity index is 747. The third-order valence-electron chi connectivity index (χ3n) is 5.79. The second-order valence-corrected chi connectivity index (χ2v) is 7.35. The molecule has 0 bridgehead atoms. The molecule has 0 radical (unpaired) electrons. The predicted octanol–water partition coefficient (Wildman–Crippen LogP) is 2.08. The van der Waals surface area contributed by atoms with Gasteiger partial charge in [-0.05, 0) is 36.1 Å². The first kappa shape index (κ1) is 18.1. The fourth-order valence-electron chi connectivity index (χ4n) is 4.27. The van der Waals surface area contributed by atoms with Crippen molar-refractivity contribution in [3.05, 3.63) is 60.2 Å². The van der Waals surface area contributed by atoms with Crippen LogP contribution in [0.4, 0.5) is 0 Å². The standard InChI is InChI=1S/C21H26N4O2/c1-27-19-15-25(21(19)17-5-3-9-23-14-17)18-6-10-24(11-7-18)20(26)12-16-4-2-8-22-13-16/h2-5,8-9,13-14,18-19,21H,6-7,10-12,15H2,1H3/t19-,21-/m0/s1. The number of piperidine rings is 1. The Morgan fingerprint density at radius 1 is 1.15 bits per heavy atom. The van der Waals surface area contributed by atoms with Crippen LogP contribution in [0, 0.1) is 0 Å². The van der Waals surface area contributed by atoms with Gasteiger partial charge in [-0.15, -0.1) is 0 Å². The third-order valence-corrected chi connectivity index (χ3v) is 5.79. The van der Waals surface area contributed by atoms with E-state index in [-0.39, 0.29) is 18.1 Å². The van der Waals surface area contributed by atoms with Gasteiger partial charge in [0.1, 0.15) is 0 Å². The van der Waals surface area contributed by atoms with Gasteiger partial charge in [0.15, 0.2) is 0 Å². The number of amides is 1. The molecule has 2 saturated heterocycles. The predicted molar refractivity (Wildman–Crippen MR) is 102 cm³/mol. The molecule has 27 heavy (non-hydrogen) atoms. The number of carbonyl (C=O) groups excluding carboxylic acids is 1. The summed E-state index contributed by atoms with van der Waals surface area (Å²) < 4.78 is 5.66. The molecule has 2 atom stereocenters. The minimum atomic E-state index is 0.198. The van der Waals surface area contributed by atoms with Gasteiger partial charge in [0.25, 0.3) is 0 Å². The maximum atomic E-state index is 12.6. The van der Waals surface area contributed by atoms with E-state index in [0.717, 1.165) is 38.0 Å². The number of likely N-dealkylation sites (tertiary alicyclic amines) is 2. The summed E-state index contributed by atoms with van der Waals surface area (Å²) in [6.07, 6.45) is 9.92. The van der Waals surface area contributed by atoms with Crippen molar-refractivity contribution in [3.63, 3.8) is 0 Å². The maximum Gasteiger partial charge on any atom is 0.227 e. The van der Waals surface area contributed by atoms with E-state index in [1.54, 1.807) is 25.7 Å². The molecule has 0 unspecified atom stereocenters. The monoisotopic (exact) mass is 366 g/mol. The Balaban J connectivity index is 1.34. The highest BCUT2D eigenvalue weighted by atomic mass is 16.5. The van der Waals surface area contributed by atoms with Gasteiger partial charge < -0.3 is 9.64 Å². The first-order chi connectivity index (χ1) is 13.3. The molecule has 2 aromatic heterocycles. The molecule has 0 spiro atoms. The van der Waals surface area contributed by atoms with Gasteiger partial charge in [-0.25, -0.2) is 0 Å². The number of ether oxygens (including phenoxy) is 1. The molecule has 4 heterocycles. The second-order valence-electron chi connectivity index (χ2n) is 7.35. The highest BCUT2D eigenvalue weighted by Crippen LogP contribution is 2.39. The average molecular weight is 366 g/mol. The number of aromatic nitrogens is 2. The zero-order valence-electron chi connectivity index (χ0n) is 15.7. The van der Waals surface area contributed by atoms with Crippen molar-refractivity contribution >= 4 is 5.91 Å². The fourth-order valence-corrected chi connectivity index (χ4v) is 4.27. The third kappa shape index (κ3) is 3.87. The van der Waals surface area contributed by atoms with Gasteiger partial charge in [0.2, 0.25) is 5.91 Å². The number of methoxy groups -OCH3 is 1. The molecular weight excluding hydrogens is 340 g/mol. The summed E-state index contributed by atoms with van der Waals surface area (Å²) in [5.74, 6) is 0.198. The van der Waals surface area contributed by atoms with Crippen molar-refractivity contribution in [2.24, 2.45) is 0 Å². The van der Waals surface area contributed by atoms with Crippen molar-refractivity contribution in [2.75, 3.05) is 26.7 Å². The number of hydrogen-bond acceptors (Lipinski definition) is 5. The molecule has 6 heteroatoms. The Morgan fingerprint density at radius 3 is 2.52 bits per heavy atom. The van der Waals surface area contributed by atoms with Crippen molar-refractivity contribution < 1.29 is 9.53 Å². The van der Waals surface area contributed by atoms with E-state index in [9.17, 15) is 4.79 Å². The van der Waals surface area contributed by atoms with Gasteiger partial charge in [0, 0.05) is 57.6 Å². The van der Waals surface area contributed by atoms with E-state index < -0.39 is 0 Å². The zero-order valence-corrected chi connectivity index (χ0v) is 15.7. The summed E-state index contributed by atoms with van der Waals surface area (Å²) in [5, 5.41) is 0. The van der Waals surface area contributed by atoms with E-state index in [0.29, 0.717) is 12.5 Å². The lowest BCUT2D eigenvalue weighted by molar-refractivity contribution is -0.137. The van der Waals surface area contributed by atoms with Gasteiger partial charge >= 0.3 is 0 Å². The highest BCUT2D eigenvalue weighted by Gasteiger charge is 2.44. The summed E-state index contributed by atoms with van der Waals surface area (Å²) >= 11 is 0. The first-order valence-corrected chi connectivity index (χ1v) is 9.61. The summed E-state index contributed by atoms with van der Waals surface area (Å²) in [4.78, 5) is 25.5. The molecule has 0 saturated carbocycles.